The maximum absolute atomic E-state index is 12.2. The predicted octanol–water partition coefficient (Wildman–Crippen LogP) is 2.73. The van der Waals surface area contributed by atoms with Gasteiger partial charge in [-0.2, -0.15) is 0 Å². The summed E-state index contributed by atoms with van der Waals surface area (Å²) in [6, 6.07) is 6.02. The van der Waals surface area contributed by atoms with Gasteiger partial charge in [0.2, 0.25) is 0 Å². The van der Waals surface area contributed by atoms with E-state index in [0.29, 0.717) is 6.42 Å². The van der Waals surface area contributed by atoms with Crippen LogP contribution in [0, 0.1) is 5.92 Å². The van der Waals surface area contributed by atoms with Crippen molar-refractivity contribution >= 4 is 22.9 Å². The first-order valence-electron chi connectivity index (χ1n) is 9.76. The highest BCUT2D eigenvalue weighted by molar-refractivity contribution is 5.94. The number of hydrogen-bond donors (Lipinski definition) is 1. The minimum Gasteiger partial charge on any atom is -0.441 e. The van der Waals surface area contributed by atoms with Gasteiger partial charge in [0, 0.05) is 13.0 Å². The number of aromatic nitrogens is 3. The molecule has 3 aliphatic rings. The number of carbonyl (C=O) groups excluding carboxylic acids is 1. The van der Waals surface area contributed by atoms with Crippen LogP contribution in [0.3, 0.4) is 0 Å². The molecular formula is C22H22N4O3. The second kappa shape index (κ2) is 6.70. The van der Waals surface area contributed by atoms with E-state index in [4.69, 9.17) is 4.74 Å². The van der Waals surface area contributed by atoms with E-state index in [0.717, 1.165) is 33.7 Å². The molecule has 1 fully saturated rings. The summed E-state index contributed by atoms with van der Waals surface area (Å²) in [5.41, 5.74) is 6.19. The molecular weight excluding hydrogens is 368 g/mol. The lowest BCUT2D eigenvalue weighted by Crippen LogP contribution is -2.34. The van der Waals surface area contributed by atoms with E-state index in [1.807, 2.05) is 25.4 Å². The minimum atomic E-state index is -0.464. The van der Waals surface area contributed by atoms with Crippen molar-refractivity contribution in [2.45, 2.75) is 25.5 Å². The number of fused-ring (bicyclic) bond motifs is 3. The fraction of sp³-hybridized carbons (Fsp3) is 0.318. The zero-order valence-electron chi connectivity index (χ0n) is 16.3. The van der Waals surface area contributed by atoms with Crippen LogP contribution in [0.5, 0.6) is 0 Å². The van der Waals surface area contributed by atoms with Crippen molar-refractivity contribution in [1.82, 2.24) is 15.0 Å². The van der Waals surface area contributed by atoms with E-state index >= 15 is 0 Å². The molecule has 0 saturated carbocycles. The maximum atomic E-state index is 12.2. The Morgan fingerprint density at radius 3 is 2.93 bits per heavy atom. The normalized spacial score (nSPS) is 25.3. The molecule has 1 saturated heterocycles. The van der Waals surface area contributed by atoms with E-state index < -0.39 is 6.10 Å². The average molecular weight is 390 g/mol. The first kappa shape index (κ1) is 17.9. The standard InChI is InChI=1S/C22H22N4O3/c1-13-3-4-14(5-7-17(13)18-11-25(2)24-23-18)15-6-8-19-16(9-15)10-20-21(12-27)29-22(28)26(19)20/h3-9,11,13,20-21,27H,10,12H2,1-2H3. The third-order valence-corrected chi connectivity index (χ3v) is 5.89. The van der Waals surface area contributed by atoms with Crippen LogP contribution in [0.4, 0.5) is 10.5 Å². The lowest BCUT2D eigenvalue weighted by Gasteiger charge is -2.14. The Kier molecular flexibility index (Phi) is 4.13. The Bertz CT molecular complexity index is 1080. The van der Waals surface area contributed by atoms with Gasteiger partial charge in [0.25, 0.3) is 0 Å². The van der Waals surface area contributed by atoms with Crippen molar-refractivity contribution in [3.05, 3.63) is 65.5 Å². The van der Waals surface area contributed by atoms with Gasteiger partial charge in [0.1, 0.15) is 11.8 Å². The van der Waals surface area contributed by atoms with Gasteiger partial charge in [-0.1, -0.05) is 42.5 Å². The van der Waals surface area contributed by atoms with E-state index in [1.165, 1.54) is 0 Å². The van der Waals surface area contributed by atoms with Crippen LogP contribution < -0.4 is 4.90 Å². The number of aryl methyl sites for hydroxylation is 1. The fourth-order valence-corrected chi connectivity index (χ4v) is 4.34. The largest absolute Gasteiger partial charge is 0.441 e. The molecule has 1 aliphatic carbocycles. The summed E-state index contributed by atoms with van der Waals surface area (Å²) in [6.07, 6.45) is 10.3. The molecule has 7 heteroatoms. The van der Waals surface area contributed by atoms with Crippen molar-refractivity contribution in [1.29, 1.82) is 0 Å². The van der Waals surface area contributed by atoms with Crippen LogP contribution in [0.2, 0.25) is 0 Å². The molecule has 148 valence electrons. The Hall–Kier alpha value is -3.19. The summed E-state index contributed by atoms with van der Waals surface area (Å²) >= 11 is 0. The van der Waals surface area contributed by atoms with E-state index in [9.17, 15) is 9.90 Å². The number of rotatable bonds is 3. The number of aliphatic hydroxyl groups is 1. The molecule has 3 heterocycles. The number of hydrogen-bond acceptors (Lipinski definition) is 5. The summed E-state index contributed by atoms with van der Waals surface area (Å²) < 4.78 is 6.97. The first-order chi connectivity index (χ1) is 14.0. The molecule has 0 spiro atoms. The van der Waals surface area contributed by atoms with Gasteiger partial charge < -0.3 is 9.84 Å². The quantitative estimate of drug-likeness (QED) is 0.872. The number of amides is 1. The smallest absolute Gasteiger partial charge is 0.415 e. The molecule has 0 bridgehead atoms. The number of anilines is 1. The highest BCUT2D eigenvalue weighted by atomic mass is 16.6. The molecule has 1 N–H and O–H groups in total. The number of benzene rings is 1. The lowest BCUT2D eigenvalue weighted by atomic mass is 9.98. The van der Waals surface area contributed by atoms with Gasteiger partial charge in [-0.25, -0.2) is 4.79 Å². The molecule has 7 nitrogen and oxygen atoms in total. The number of cyclic esters (lactones) is 1. The highest BCUT2D eigenvalue weighted by Gasteiger charge is 2.47. The van der Waals surface area contributed by atoms with Gasteiger partial charge in [-0.15, -0.1) is 5.10 Å². The van der Waals surface area contributed by atoms with Crippen molar-refractivity contribution in [3.8, 4) is 0 Å². The monoisotopic (exact) mass is 390 g/mol. The zero-order valence-corrected chi connectivity index (χ0v) is 16.3. The zero-order chi connectivity index (χ0) is 20.1. The fourth-order valence-electron chi connectivity index (χ4n) is 4.34. The van der Waals surface area contributed by atoms with Crippen LogP contribution in [-0.2, 0) is 18.2 Å². The summed E-state index contributed by atoms with van der Waals surface area (Å²) in [7, 11) is 1.86. The second-order valence-corrected chi connectivity index (χ2v) is 7.76. The Morgan fingerprint density at radius 1 is 1.31 bits per heavy atom. The van der Waals surface area contributed by atoms with Gasteiger partial charge in [-0.3, -0.25) is 9.58 Å². The van der Waals surface area contributed by atoms with Crippen molar-refractivity contribution < 1.29 is 14.6 Å². The summed E-state index contributed by atoms with van der Waals surface area (Å²) in [4.78, 5) is 13.9. The molecule has 29 heavy (non-hydrogen) atoms. The molecule has 2 aromatic rings. The summed E-state index contributed by atoms with van der Waals surface area (Å²) in [5.74, 6) is 0.223. The highest BCUT2D eigenvalue weighted by Crippen LogP contribution is 2.40. The van der Waals surface area contributed by atoms with E-state index in [-0.39, 0.29) is 24.7 Å². The van der Waals surface area contributed by atoms with Crippen LogP contribution >= 0.6 is 0 Å². The predicted molar refractivity (Wildman–Crippen MR) is 109 cm³/mol. The molecule has 3 atom stereocenters. The van der Waals surface area contributed by atoms with E-state index in [1.54, 1.807) is 9.58 Å². The van der Waals surface area contributed by atoms with E-state index in [2.05, 4.69) is 47.6 Å². The summed E-state index contributed by atoms with van der Waals surface area (Å²) in [6.45, 7) is 1.99. The molecule has 1 aromatic carbocycles. The molecule has 1 amide bonds. The van der Waals surface area contributed by atoms with Crippen LogP contribution in [0.1, 0.15) is 23.7 Å². The van der Waals surface area contributed by atoms with Gasteiger partial charge in [0.05, 0.1) is 24.5 Å². The molecule has 5 rings (SSSR count). The van der Waals surface area contributed by atoms with Crippen LogP contribution in [0.15, 0.2) is 48.7 Å². The SMILES string of the molecule is CC1C=CC(c2ccc3c(c2)CC2C(CO)OC(=O)N32)=CC=C1c1cn(C)nn1. The topological polar surface area (TPSA) is 80.5 Å². The number of nitrogens with zero attached hydrogens (tertiary/aromatic N) is 4. The number of aliphatic hydroxyl groups excluding tert-OH is 1. The third kappa shape index (κ3) is 2.89. The lowest BCUT2D eigenvalue weighted by molar-refractivity contribution is 0.0830. The van der Waals surface area contributed by atoms with Crippen molar-refractivity contribution in [2.24, 2.45) is 13.0 Å². The Balaban J connectivity index is 1.48. The number of allylic oxidation sites excluding steroid dienone is 6. The molecule has 2 aliphatic heterocycles. The van der Waals surface area contributed by atoms with Gasteiger partial charge >= 0.3 is 6.09 Å². The van der Waals surface area contributed by atoms with Crippen LogP contribution in [-0.4, -0.2) is 44.9 Å². The molecule has 0 radical (unpaired) electrons. The van der Waals surface area contributed by atoms with Gasteiger partial charge in [0.15, 0.2) is 0 Å². The third-order valence-electron chi connectivity index (χ3n) is 5.89. The Morgan fingerprint density at radius 2 is 2.17 bits per heavy atom. The Labute approximate surface area is 168 Å². The summed E-state index contributed by atoms with van der Waals surface area (Å²) in [5, 5.41) is 17.8. The molecule has 3 unspecified atom stereocenters. The maximum Gasteiger partial charge on any atom is 0.415 e. The van der Waals surface area contributed by atoms with Crippen LogP contribution in [0.25, 0.3) is 11.1 Å². The molecule has 1 aromatic heterocycles. The van der Waals surface area contributed by atoms with Gasteiger partial charge in [-0.05, 0) is 40.8 Å². The average Bonchev–Trinajstić information content (AvgIpc) is 3.34. The first-order valence-corrected chi connectivity index (χ1v) is 9.76. The number of carbonyl (C=O) groups is 1. The van der Waals surface area contributed by atoms with Crippen molar-refractivity contribution in [3.63, 3.8) is 0 Å². The minimum absolute atomic E-state index is 0.125. The van der Waals surface area contributed by atoms with Crippen molar-refractivity contribution in [2.75, 3.05) is 11.5 Å². The number of ether oxygens (including phenoxy) is 1. The second-order valence-electron chi connectivity index (χ2n) is 7.76.